The van der Waals surface area contributed by atoms with Gasteiger partial charge in [-0.15, -0.1) is 0 Å². The second-order valence-electron chi connectivity index (χ2n) is 6.99. The molecule has 2 aliphatic carbocycles. The molecule has 0 amide bonds. The summed E-state index contributed by atoms with van der Waals surface area (Å²) in [7, 11) is 0. The second kappa shape index (κ2) is 12.0. The average molecular weight is 442 g/mol. The van der Waals surface area contributed by atoms with Crippen molar-refractivity contribution < 1.29 is 21.9 Å². The van der Waals surface area contributed by atoms with Crippen LogP contribution in [0.3, 0.4) is 0 Å². The molecule has 3 aromatic carbocycles. The van der Waals surface area contributed by atoms with Crippen LogP contribution in [-0.4, -0.2) is 5.78 Å². The minimum absolute atomic E-state index is 0. The summed E-state index contributed by atoms with van der Waals surface area (Å²) in [6.07, 6.45) is 20.9. The number of carbonyl (C=O) groups is 1. The summed E-state index contributed by atoms with van der Waals surface area (Å²) >= 11 is 0. The van der Waals surface area contributed by atoms with Gasteiger partial charge < -0.3 is 0 Å². The first kappa shape index (κ1) is 23.5. The SMILES string of the molecule is O=C(/C=C/c1cccc(-c2cccc3ccccc23)c1)[C]1[CH][CH][CH][CH]1.[CH]1[CH][CH][CH][CH]1.[Fe+2]. The molecule has 31 heavy (non-hydrogen) atoms. The van der Waals surface area contributed by atoms with Crippen molar-refractivity contribution in [2.45, 2.75) is 0 Å². The predicted molar refractivity (Wildman–Crippen MR) is 125 cm³/mol. The number of carbonyl (C=O) groups excluding carboxylic acids is 1. The molecule has 2 saturated carbocycles. The van der Waals surface area contributed by atoms with E-state index in [2.05, 4.69) is 54.6 Å². The summed E-state index contributed by atoms with van der Waals surface area (Å²) in [4.78, 5) is 12.1. The summed E-state index contributed by atoms with van der Waals surface area (Å²) < 4.78 is 0. The number of rotatable bonds is 4. The topological polar surface area (TPSA) is 17.1 Å². The van der Waals surface area contributed by atoms with Crippen molar-refractivity contribution in [3.05, 3.63) is 142 Å². The Bertz CT molecular complexity index is 997. The predicted octanol–water partition coefficient (Wildman–Crippen LogP) is 6.51. The van der Waals surface area contributed by atoms with Crippen molar-refractivity contribution in [1.29, 1.82) is 0 Å². The van der Waals surface area contributed by atoms with Crippen molar-refractivity contribution >= 4 is 22.6 Å². The fraction of sp³-hybridized carbons (Fsp3) is 0. The smallest absolute Gasteiger partial charge is 0.294 e. The van der Waals surface area contributed by atoms with Crippen molar-refractivity contribution in [3.63, 3.8) is 0 Å². The molecule has 150 valence electrons. The molecule has 10 radical (unpaired) electrons. The van der Waals surface area contributed by atoms with Crippen LogP contribution in [0.15, 0.2) is 72.8 Å². The molecule has 0 N–H and O–H groups in total. The quantitative estimate of drug-likeness (QED) is 0.332. The molecular formula is C29H22FeO+2. The first-order valence-corrected chi connectivity index (χ1v) is 10.0. The van der Waals surface area contributed by atoms with Crippen LogP contribution in [0.4, 0.5) is 0 Å². The summed E-state index contributed by atoms with van der Waals surface area (Å²) in [6, 6.07) is 23.0. The Morgan fingerprint density at radius 1 is 0.677 bits per heavy atom. The van der Waals surface area contributed by atoms with Crippen molar-refractivity contribution in [1.82, 2.24) is 0 Å². The summed E-state index contributed by atoms with van der Waals surface area (Å²) in [5.74, 6) is 0.752. The number of hydrogen-bond acceptors (Lipinski definition) is 1. The summed E-state index contributed by atoms with van der Waals surface area (Å²) in [5.41, 5.74) is 3.38. The molecule has 0 aliphatic heterocycles. The van der Waals surface area contributed by atoms with Gasteiger partial charge in [-0.3, -0.25) is 4.79 Å². The first-order valence-electron chi connectivity index (χ1n) is 10.0. The third-order valence-corrected chi connectivity index (χ3v) is 4.92. The van der Waals surface area contributed by atoms with Crippen molar-refractivity contribution in [2.24, 2.45) is 0 Å². The number of ketones is 1. The van der Waals surface area contributed by atoms with E-state index in [1.54, 1.807) is 6.08 Å². The standard InChI is InChI=1S/C24H17O.C5H5.Fe/c25-24(20-9-1-2-10-20)16-15-18-7-5-12-21(17-18)23-14-6-11-19-8-3-4-13-22(19)23;1-2-4-5-3-1;/h1-17H;1-5H;/q;;+2/b16-15+;;. The Kier molecular flexibility index (Phi) is 9.12. The van der Waals surface area contributed by atoms with E-state index in [0.717, 1.165) is 17.0 Å². The van der Waals surface area contributed by atoms with E-state index < -0.39 is 0 Å². The van der Waals surface area contributed by atoms with Gasteiger partial charge in [-0.2, -0.15) is 0 Å². The molecule has 0 saturated heterocycles. The molecule has 0 heterocycles. The number of allylic oxidation sites excluding steroid dienone is 1. The van der Waals surface area contributed by atoms with Crippen LogP contribution in [-0.2, 0) is 21.9 Å². The van der Waals surface area contributed by atoms with Crippen LogP contribution in [0.2, 0.25) is 0 Å². The van der Waals surface area contributed by atoms with Crippen LogP contribution in [0.5, 0.6) is 0 Å². The van der Waals surface area contributed by atoms with Crippen molar-refractivity contribution in [2.75, 3.05) is 0 Å². The minimum atomic E-state index is 0. The summed E-state index contributed by atoms with van der Waals surface area (Å²) in [6.45, 7) is 0. The Labute approximate surface area is 197 Å². The zero-order chi connectivity index (χ0) is 20.6. The van der Waals surface area contributed by atoms with Gasteiger partial charge in [-0.25, -0.2) is 0 Å². The van der Waals surface area contributed by atoms with Gasteiger partial charge in [0, 0.05) is 0 Å². The van der Waals surface area contributed by atoms with E-state index >= 15 is 0 Å². The maximum atomic E-state index is 12.1. The van der Waals surface area contributed by atoms with Crippen molar-refractivity contribution in [3.8, 4) is 11.1 Å². The number of benzene rings is 3. The molecular weight excluding hydrogens is 420 g/mol. The zero-order valence-electron chi connectivity index (χ0n) is 17.0. The molecule has 0 bridgehead atoms. The Balaban J connectivity index is 0.000000401. The van der Waals surface area contributed by atoms with E-state index in [9.17, 15) is 4.79 Å². The molecule has 2 fully saturated rings. The second-order valence-corrected chi connectivity index (χ2v) is 6.99. The largest absolute Gasteiger partial charge is 2.00 e. The Morgan fingerprint density at radius 2 is 1.32 bits per heavy atom. The molecule has 0 spiro atoms. The van der Waals surface area contributed by atoms with Crippen LogP contribution >= 0.6 is 0 Å². The number of fused-ring (bicyclic) bond motifs is 1. The van der Waals surface area contributed by atoms with E-state index in [0.29, 0.717) is 0 Å². The molecule has 3 aromatic rings. The van der Waals surface area contributed by atoms with Crippen LogP contribution in [0.1, 0.15) is 5.56 Å². The van der Waals surface area contributed by atoms with Gasteiger partial charge in [0.25, 0.3) is 0 Å². The van der Waals surface area contributed by atoms with E-state index in [-0.39, 0.29) is 22.9 Å². The van der Waals surface area contributed by atoms with Crippen LogP contribution in [0, 0.1) is 63.7 Å². The molecule has 0 aromatic heterocycles. The van der Waals surface area contributed by atoms with Gasteiger partial charge in [-0.05, 0) is 97.4 Å². The fourth-order valence-corrected chi connectivity index (χ4v) is 3.41. The molecule has 1 nitrogen and oxygen atoms in total. The number of hydrogen-bond donors (Lipinski definition) is 0. The Morgan fingerprint density at radius 3 is 2.06 bits per heavy atom. The normalized spacial score (nSPS) is 16.1. The fourth-order valence-electron chi connectivity index (χ4n) is 3.41. The van der Waals surface area contributed by atoms with Crippen LogP contribution < -0.4 is 0 Å². The summed E-state index contributed by atoms with van der Waals surface area (Å²) in [5, 5.41) is 2.46. The van der Waals surface area contributed by atoms with Gasteiger partial charge in [-0.1, -0.05) is 66.7 Å². The van der Waals surface area contributed by atoms with Crippen LogP contribution in [0.25, 0.3) is 28.0 Å². The maximum Gasteiger partial charge on any atom is 2.00 e. The third-order valence-electron chi connectivity index (χ3n) is 4.92. The Hall–Kier alpha value is -2.15. The van der Waals surface area contributed by atoms with Gasteiger partial charge in [0.05, 0.1) is 5.92 Å². The molecule has 2 heteroatoms. The van der Waals surface area contributed by atoms with Gasteiger partial charge in [0.2, 0.25) is 0 Å². The zero-order valence-corrected chi connectivity index (χ0v) is 18.1. The third kappa shape index (κ3) is 6.42. The average Bonchev–Trinajstić information content (AvgIpc) is 3.54. The van der Waals surface area contributed by atoms with Gasteiger partial charge in [0.15, 0.2) is 5.78 Å². The van der Waals surface area contributed by atoms with Gasteiger partial charge in [0.1, 0.15) is 0 Å². The van der Waals surface area contributed by atoms with E-state index in [1.165, 1.54) is 16.3 Å². The molecule has 2 aliphatic rings. The monoisotopic (exact) mass is 442 g/mol. The molecule has 0 unspecified atom stereocenters. The maximum absolute atomic E-state index is 12.1. The minimum Gasteiger partial charge on any atom is -0.294 e. The molecule has 5 rings (SSSR count). The van der Waals surface area contributed by atoms with Gasteiger partial charge >= 0.3 is 17.1 Å². The van der Waals surface area contributed by atoms with E-state index in [4.69, 9.17) is 0 Å². The first-order chi connectivity index (χ1) is 14.8. The van der Waals surface area contributed by atoms with E-state index in [1.807, 2.05) is 76.0 Å². The molecule has 0 atom stereocenters.